The molecule has 0 radical (unpaired) electrons. The lowest BCUT2D eigenvalue weighted by Crippen LogP contribution is -2.51. The van der Waals surface area contributed by atoms with E-state index in [1.165, 1.54) is 12.8 Å². The molecular formula is C14H27NO2. The molecule has 2 atom stereocenters. The monoisotopic (exact) mass is 241 g/mol. The molecule has 1 saturated carbocycles. The third-order valence-electron chi connectivity index (χ3n) is 5.11. The Hall–Kier alpha value is -0.120. The maximum Gasteiger partial charge on any atom is 0.0695 e. The van der Waals surface area contributed by atoms with E-state index in [0.717, 1.165) is 45.2 Å². The summed E-state index contributed by atoms with van der Waals surface area (Å²) in [4.78, 5) is 2.47. The molecular weight excluding hydrogens is 214 g/mol. The maximum atomic E-state index is 10.1. The Kier molecular flexibility index (Phi) is 4.45. The summed E-state index contributed by atoms with van der Waals surface area (Å²) in [5.74, 6) is 0. The van der Waals surface area contributed by atoms with Gasteiger partial charge in [-0.05, 0) is 50.6 Å². The normalized spacial score (nSPS) is 34.8. The van der Waals surface area contributed by atoms with Crippen LogP contribution in [0.25, 0.3) is 0 Å². The van der Waals surface area contributed by atoms with E-state index in [-0.39, 0.29) is 11.5 Å². The summed E-state index contributed by atoms with van der Waals surface area (Å²) in [7, 11) is 0. The topological polar surface area (TPSA) is 43.7 Å². The predicted molar refractivity (Wildman–Crippen MR) is 68.9 cm³/mol. The Morgan fingerprint density at radius 3 is 2.35 bits per heavy atom. The first-order valence-corrected chi connectivity index (χ1v) is 7.24. The van der Waals surface area contributed by atoms with E-state index in [1.807, 2.05) is 0 Å². The van der Waals surface area contributed by atoms with Gasteiger partial charge in [-0.15, -0.1) is 0 Å². The maximum absolute atomic E-state index is 10.1. The van der Waals surface area contributed by atoms with Crippen LogP contribution in [0.1, 0.15) is 51.9 Å². The molecule has 2 rings (SSSR count). The molecule has 0 amide bonds. The highest BCUT2D eigenvalue weighted by atomic mass is 16.3. The van der Waals surface area contributed by atoms with Gasteiger partial charge in [-0.25, -0.2) is 0 Å². The fourth-order valence-electron chi connectivity index (χ4n) is 3.47. The highest BCUT2D eigenvalue weighted by Crippen LogP contribution is 2.36. The van der Waals surface area contributed by atoms with Gasteiger partial charge in [0.05, 0.1) is 6.10 Å². The van der Waals surface area contributed by atoms with Crippen molar-refractivity contribution in [3.63, 3.8) is 0 Å². The Morgan fingerprint density at radius 2 is 1.82 bits per heavy atom. The van der Waals surface area contributed by atoms with Gasteiger partial charge in [-0.3, -0.25) is 4.90 Å². The number of nitrogens with zero attached hydrogens (tertiary/aromatic N) is 1. The van der Waals surface area contributed by atoms with E-state index in [1.54, 1.807) is 0 Å². The summed E-state index contributed by atoms with van der Waals surface area (Å²) in [6.45, 7) is 4.61. The molecule has 2 aliphatic rings. The number of hydrogen-bond donors (Lipinski definition) is 2. The van der Waals surface area contributed by atoms with E-state index in [2.05, 4.69) is 11.8 Å². The van der Waals surface area contributed by atoms with Gasteiger partial charge >= 0.3 is 0 Å². The third-order valence-corrected chi connectivity index (χ3v) is 5.11. The van der Waals surface area contributed by atoms with Crippen molar-refractivity contribution in [2.75, 3.05) is 19.7 Å². The van der Waals surface area contributed by atoms with E-state index in [9.17, 15) is 10.2 Å². The first kappa shape index (κ1) is 13.3. The number of piperidine rings is 1. The van der Waals surface area contributed by atoms with E-state index < -0.39 is 0 Å². The molecule has 0 spiro atoms. The van der Waals surface area contributed by atoms with Crippen LogP contribution in [0.4, 0.5) is 0 Å². The first-order valence-electron chi connectivity index (χ1n) is 7.24. The number of rotatable bonds is 3. The lowest BCUT2D eigenvalue weighted by Gasteiger charge is -2.45. The van der Waals surface area contributed by atoms with Crippen molar-refractivity contribution in [1.82, 2.24) is 4.90 Å². The molecule has 2 fully saturated rings. The average Bonchev–Trinajstić information content (AvgIpc) is 2.40. The number of likely N-dealkylation sites (tertiary alicyclic amines) is 1. The van der Waals surface area contributed by atoms with Crippen LogP contribution in [-0.2, 0) is 0 Å². The van der Waals surface area contributed by atoms with Crippen molar-refractivity contribution in [3.8, 4) is 0 Å². The van der Waals surface area contributed by atoms with Gasteiger partial charge in [-0.2, -0.15) is 0 Å². The minimum Gasteiger partial charge on any atom is -0.396 e. The Labute approximate surface area is 105 Å². The Bertz CT molecular complexity index is 230. The van der Waals surface area contributed by atoms with Crippen LogP contribution in [0.15, 0.2) is 0 Å². The Balaban J connectivity index is 1.89. The molecule has 2 N–H and O–H groups in total. The predicted octanol–water partition coefficient (Wildman–Crippen LogP) is 1.77. The van der Waals surface area contributed by atoms with Crippen LogP contribution >= 0.6 is 0 Å². The van der Waals surface area contributed by atoms with E-state index in [4.69, 9.17) is 0 Å². The molecule has 0 aromatic rings. The second-order valence-electron chi connectivity index (χ2n) is 5.97. The van der Waals surface area contributed by atoms with Crippen molar-refractivity contribution < 1.29 is 10.2 Å². The van der Waals surface area contributed by atoms with Crippen LogP contribution in [0.3, 0.4) is 0 Å². The van der Waals surface area contributed by atoms with Crippen molar-refractivity contribution in [2.24, 2.45) is 5.41 Å². The summed E-state index contributed by atoms with van der Waals surface area (Å²) in [5, 5.41) is 19.6. The van der Waals surface area contributed by atoms with Gasteiger partial charge in [0, 0.05) is 12.6 Å². The van der Waals surface area contributed by atoms with Crippen LogP contribution in [0.5, 0.6) is 0 Å². The van der Waals surface area contributed by atoms with Gasteiger partial charge in [-0.1, -0.05) is 19.8 Å². The zero-order valence-corrected chi connectivity index (χ0v) is 11.1. The number of hydrogen-bond acceptors (Lipinski definition) is 3. The number of aliphatic hydroxyl groups is 2. The van der Waals surface area contributed by atoms with Crippen molar-refractivity contribution in [2.45, 2.75) is 64.0 Å². The number of aliphatic hydroxyl groups excluding tert-OH is 2. The van der Waals surface area contributed by atoms with Gasteiger partial charge in [0.2, 0.25) is 0 Å². The van der Waals surface area contributed by atoms with Crippen LogP contribution in [0.2, 0.25) is 0 Å². The molecule has 1 aliphatic heterocycles. The molecule has 1 heterocycles. The minimum atomic E-state index is -0.119. The van der Waals surface area contributed by atoms with E-state index >= 15 is 0 Å². The van der Waals surface area contributed by atoms with Gasteiger partial charge < -0.3 is 10.2 Å². The molecule has 2 unspecified atom stereocenters. The zero-order chi connectivity index (χ0) is 12.3. The minimum absolute atomic E-state index is 0.119. The highest BCUT2D eigenvalue weighted by molar-refractivity contribution is 4.90. The van der Waals surface area contributed by atoms with Crippen molar-refractivity contribution in [3.05, 3.63) is 0 Å². The smallest absolute Gasteiger partial charge is 0.0695 e. The summed E-state index contributed by atoms with van der Waals surface area (Å²) in [5.41, 5.74) is 0.163. The summed E-state index contributed by atoms with van der Waals surface area (Å²) in [6, 6.07) is 0.386. The van der Waals surface area contributed by atoms with E-state index in [0.29, 0.717) is 12.6 Å². The van der Waals surface area contributed by atoms with Gasteiger partial charge in [0.1, 0.15) is 0 Å². The third kappa shape index (κ3) is 2.83. The first-order chi connectivity index (χ1) is 8.21. The largest absolute Gasteiger partial charge is 0.396 e. The van der Waals surface area contributed by atoms with Crippen LogP contribution in [0, 0.1) is 5.41 Å². The Morgan fingerprint density at radius 1 is 1.18 bits per heavy atom. The fraction of sp³-hybridized carbons (Fsp3) is 1.00. The van der Waals surface area contributed by atoms with Gasteiger partial charge in [0.25, 0.3) is 0 Å². The fourth-order valence-corrected chi connectivity index (χ4v) is 3.47. The van der Waals surface area contributed by atoms with Crippen molar-refractivity contribution >= 4 is 0 Å². The second kappa shape index (κ2) is 5.68. The lowest BCUT2D eigenvalue weighted by atomic mass is 9.76. The standard InChI is InChI=1S/C14H27NO2/c1-2-14(11-16)7-9-15(10-8-14)12-5-3-4-6-13(12)17/h12-13,16-17H,2-11H2,1H3. The SMILES string of the molecule is CCC1(CO)CCN(C2CCCCC2O)CC1. The van der Waals surface area contributed by atoms with Gasteiger partial charge in [0.15, 0.2) is 0 Å². The second-order valence-corrected chi connectivity index (χ2v) is 5.97. The molecule has 3 heteroatoms. The molecule has 0 aromatic carbocycles. The molecule has 0 aromatic heterocycles. The van der Waals surface area contributed by atoms with Crippen LogP contribution < -0.4 is 0 Å². The zero-order valence-electron chi connectivity index (χ0n) is 11.1. The average molecular weight is 241 g/mol. The molecule has 17 heavy (non-hydrogen) atoms. The summed E-state index contributed by atoms with van der Waals surface area (Å²) in [6.07, 6.45) is 7.70. The van der Waals surface area contributed by atoms with Crippen LogP contribution in [-0.4, -0.2) is 47.0 Å². The molecule has 1 saturated heterocycles. The van der Waals surface area contributed by atoms with Crippen molar-refractivity contribution in [1.29, 1.82) is 0 Å². The quantitative estimate of drug-likeness (QED) is 0.791. The molecule has 100 valence electrons. The molecule has 0 bridgehead atoms. The summed E-state index contributed by atoms with van der Waals surface area (Å²) < 4.78 is 0. The molecule has 1 aliphatic carbocycles. The highest BCUT2D eigenvalue weighted by Gasteiger charge is 2.36. The lowest BCUT2D eigenvalue weighted by molar-refractivity contribution is -0.0265. The molecule has 3 nitrogen and oxygen atoms in total. The summed E-state index contributed by atoms with van der Waals surface area (Å²) >= 11 is 0.